The second-order valence-corrected chi connectivity index (χ2v) is 4.52. The molecule has 1 aromatic carbocycles. The fraction of sp³-hybridized carbons (Fsp3) is 0.357. The summed E-state index contributed by atoms with van der Waals surface area (Å²) in [6.45, 7) is 3.79. The van der Waals surface area contributed by atoms with Crippen LogP contribution in [0.1, 0.15) is 47.4 Å². The van der Waals surface area contributed by atoms with E-state index >= 15 is 0 Å². The molecular weight excluding hydrogens is 244 g/mol. The highest BCUT2D eigenvalue weighted by Gasteiger charge is 2.36. The van der Waals surface area contributed by atoms with Gasteiger partial charge in [-0.1, -0.05) is 19.4 Å². The molecule has 100 valence electrons. The lowest BCUT2D eigenvalue weighted by Gasteiger charge is -2.12. The van der Waals surface area contributed by atoms with Gasteiger partial charge in [0.25, 0.3) is 11.8 Å². The first-order valence-electron chi connectivity index (χ1n) is 6.33. The molecule has 0 saturated carbocycles. The van der Waals surface area contributed by atoms with Gasteiger partial charge in [0.1, 0.15) is 0 Å². The van der Waals surface area contributed by atoms with Crippen LogP contribution < -0.4 is 5.32 Å². The van der Waals surface area contributed by atoms with Gasteiger partial charge in [0.2, 0.25) is 5.91 Å². The van der Waals surface area contributed by atoms with Gasteiger partial charge < -0.3 is 5.32 Å². The molecule has 5 nitrogen and oxygen atoms in total. The van der Waals surface area contributed by atoms with Crippen molar-refractivity contribution >= 4 is 23.4 Å². The van der Waals surface area contributed by atoms with Crippen LogP contribution >= 0.6 is 0 Å². The van der Waals surface area contributed by atoms with Crippen molar-refractivity contribution in [3.05, 3.63) is 29.3 Å². The third kappa shape index (κ3) is 2.36. The Bertz CT molecular complexity index is 552. The molecule has 2 rings (SSSR count). The molecule has 0 bridgehead atoms. The monoisotopic (exact) mass is 260 g/mol. The average Bonchev–Trinajstić information content (AvgIpc) is 2.60. The van der Waals surface area contributed by atoms with E-state index in [1.165, 1.54) is 11.8 Å². The highest BCUT2D eigenvalue weighted by molar-refractivity contribution is 6.24. The van der Waals surface area contributed by atoms with Crippen molar-refractivity contribution in [2.45, 2.75) is 26.7 Å². The second kappa shape index (κ2) is 5.22. The summed E-state index contributed by atoms with van der Waals surface area (Å²) >= 11 is 0. The fourth-order valence-corrected chi connectivity index (χ4v) is 2.15. The molecule has 0 unspecified atom stereocenters. The molecule has 1 aromatic rings. The normalized spacial score (nSPS) is 13.7. The molecule has 0 saturated heterocycles. The smallest absolute Gasteiger partial charge is 0.263 e. The Morgan fingerprint density at radius 2 is 2.00 bits per heavy atom. The molecule has 0 radical (unpaired) electrons. The molecule has 3 amide bonds. The fourth-order valence-electron chi connectivity index (χ4n) is 2.15. The Hall–Kier alpha value is -2.17. The zero-order valence-electron chi connectivity index (χ0n) is 11.0. The Morgan fingerprint density at radius 3 is 2.63 bits per heavy atom. The molecule has 0 aromatic heterocycles. The molecule has 0 spiro atoms. The third-order valence-electron chi connectivity index (χ3n) is 3.05. The highest BCUT2D eigenvalue weighted by Crippen LogP contribution is 2.29. The van der Waals surface area contributed by atoms with Gasteiger partial charge >= 0.3 is 0 Å². The minimum atomic E-state index is -0.321. The minimum Gasteiger partial charge on any atom is -0.326 e. The zero-order valence-corrected chi connectivity index (χ0v) is 11.0. The van der Waals surface area contributed by atoms with E-state index < -0.39 is 0 Å². The van der Waals surface area contributed by atoms with E-state index in [0.29, 0.717) is 23.4 Å². The first-order valence-corrected chi connectivity index (χ1v) is 6.33. The van der Waals surface area contributed by atoms with Crippen LogP contribution in [0, 0.1) is 0 Å². The standard InChI is InChI=1S/C14H16N2O3/c1-3-4-8-16-13(18)10-6-5-7-11(15-9(2)17)12(10)14(16)19/h5-7H,3-4,8H2,1-2H3,(H,15,17). The van der Waals surface area contributed by atoms with Crippen molar-refractivity contribution in [3.63, 3.8) is 0 Å². The number of anilines is 1. The summed E-state index contributed by atoms with van der Waals surface area (Å²) in [4.78, 5) is 36.8. The van der Waals surface area contributed by atoms with Gasteiger partial charge in [0, 0.05) is 13.5 Å². The van der Waals surface area contributed by atoms with E-state index in [-0.39, 0.29) is 17.7 Å². The molecule has 0 aliphatic carbocycles. The Labute approximate surface area is 111 Å². The van der Waals surface area contributed by atoms with E-state index in [1.54, 1.807) is 18.2 Å². The van der Waals surface area contributed by atoms with Crippen molar-refractivity contribution in [1.82, 2.24) is 4.90 Å². The lowest BCUT2D eigenvalue weighted by Crippen LogP contribution is -2.30. The molecule has 1 aliphatic heterocycles. The number of hydrogen-bond donors (Lipinski definition) is 1. The number of fused-ring (bicyclic) bond motifs is 1. The maximum absolute atomic E-state index is 12.3. The molecule has 1 N–H and O–H groups in total. The largest absolute Gasteiger partial charge is 0.326 e. The number of benzene rings is 1. The van der Waals surface area contributed by atoms with Crippen molar-refractivity contribution in [1.29, 1.82) is 0 Å². The number of nitrogens with one attached hydrogen (secondary N) is 1. The van der Waals surface area contributed by atoms with E-state index in [9.17, 15) is 14.4 Å². The molecule has 0 atom stereocenters. The van der Waals surface area contributed by atoms with Crippen molar-refractivity contribution in [2.75, 3.05) is 11.9 Å². The minimum absolute atomic E-state index is 0.263. The van der Waals surface area contributed by atoms with Crippen LogP contribution in [0.3, 0.4) is 0 Å². The van der Waals surface area contributed by atoms with Gasteiger partial charge in [-0.2, -0.15) is 0 Å². The van der Waals surface area contributed by atoms with Crippen LogP contribution in [-0.2, 0) is 4.79 Å². The highest BCUT2D eigenvalue weighted by atomic mass is 16.2. The van der Waals surface area contributed by atoms with E-state index in [0.717, 1.165) is 12.8 Å². The summed E-state index contributed by atoms with van der Waals surface area (Å²) in [7, 11) is 0. The van der Waals surface area contributed by atoms with Gasteiger partial charge in [0.15, 0.2) is 0 Å². The first kappa shape index (κ1) is 13.3. The van der Waals surface area contributed by atoms with Gasteiger partial charge in [-0.3, -0.25) is 19.3 Å². The number of nitrogens with zero attached hydrogens (tertiary/aromatic N) is 1. The van der Waals surface area contributed by atoms with Crippen LogP contribution in [0.5, 0.6) is 0 Å². The second-order valence-electron chi connectivity index (χ2n) is 4.52. The maximum Gasteiger partial charge on any atom is 0.263 e. The summed E-state index contributed by atoms with van der Waals surface area (Å²) < 4.78 is 0. The molecular formula is C14H16N2O3. The molecule has 0 fully saturated rings. The summed E-state index contributed by atoms with van der Waals surface area (Å²) in [5.74, 6) is -0.862. The number of hydrogen-bond acceptors (Lipinski definition) is 3. The predicted molar refractivity (Wildman–Crippen MR) is 71.0 cm³/mol. The SMILES string of the molecule is CCCCN1C(=O)c2cccc(NC(C)=O)c2C1=O. The summed E-state index contributed by atoms with van der Waals surface area (Å²) in [5, 5.41) is 2.59. The Kier molecular flexibility index (Phi) is 3.64. The summed E-state index contributed by atoms with van der Waals surface area (Å²) in [6.07, 6.45) is 1.69. The Morgan fingerprint density at radius 1 is 1.26 bits per heavy atom. The predicted octanol–water partition coefficient (Wildman–Crippen LogP) is 2.04. The molecule has 1 heterocycles. The van der Waals surface area contributed by atoms with Gasteiger partial charge in [-0.15, -0.1) is 0 Å². The van der Waals surface area contributed by atoms with Crippen LogP contribution in [0.2, 0.25) is 0 Å². The number of carbonyl (C=O) groups is 3. The average molecular weight is 260 g/mol. The van der Waals surface area contributed by atoms with E-state index in [4.69, 9.17) is 0 Å². The van der Waals surface area contributed by atoms with E-state index in [2.05, 4.69) is 5.32 Å². The summed E-state index contributed by atoms with van der Waals surface area (Å²) in [6, 6.07) is 4.92. The number of unbranched alkanes of at least 4 members (excludes halogenated alkanes) is 1. The van der Waals surface area contributed by atoms with Crippen LogP contribution in [-0.4, -0.2) is 29.2 Å². The third-order valence-corrected chi connectivity index (χ3v) is 3.05. The molecule has 1 aliphatic rings. The lowest BCUT2D eigenvalue weighted by atomic mass is 10.1. The van der Waals surface area contributed by atoms with Crippen molar-refractivity contribution in [3.8, 4) is 0 Å². The number of rotatable bonds is 4. The van der Waals surface area contributed by atoms with E-state index in [1.807, 2.05) is 6.92 Å². The van der Waals surface area contributed by atoms with Gasteiger partial charge in [-0.25, -0.2) is 0 Å². The van der Waals surface area contributed by atoms with Crippen LogP contribution in [0.25, 0.3) is 0 Å². The number of amides is 3. The molecule has 5 heteroatoms. The lowest BCUT2D eigenvalue weighted by molar-refractivity contribution is -0.114. The molecule has 19 heavy (non-hydrogen) atoms. The Balaban J connectivity index is 2.38. The quantitative estimate of drug-likeness (QED) is 0.842. The van der Waals surface area contributed by atoms with Crippen LogP contribution in [0.4, 0.5) is 5.69 Å². The maximum atomic E-state index is 12.3. The van der Waals surface area contributed by atoms with Gasteiger partial charge in [0.05, 0.1) is 16.8 Å². The van der Waals surface area contributed by atoms with Crippen molar-refractivity contribution < 1.29 is 14.4 Å². The number of carbonyl (C=O) groups excluding carboxylic acids is 3. The summed E-state index contributed by atoms with van der Waals surface area (Å²) in [5.41, 5.74) is 1.08. The van der Waals surface area contributed by atoms with Crippen LogP contribution in [0.15, 0.2) is 18.2 Å². The zero-order chi connectivity index (χ0) is 14.0. The van der Waals surface area contributed by atoms with Crippen molar-refractivity contribution in [2.24, 2.45) is 0 Å². The topological polar surface area (TPSA) is 66.5 Å². The van der Waals surface area contributed by atoms with Gasteiger partial charge in [-0.05, 0) is 18.6 Å². The number of imide groups is 1. The first-order chi connectivity index (χ1) is 9.06.